The van der Waals surface area contributed by atoms with Gasteiger partial charge in [-0.05, 0) is 75.3 Å². The third-order valence-electron chi connectivity index (χ3n) is 5.82. The predicted molar refractivity (Wildman–Crippen MR) is 136 cm³/mol. The van der Waals surface area contributed by atoms with Gasteiger partial charge >= 0.3 is 0 Å². The highest BCUT2D eigenvalue weighted by molar-refractivity contribution is 7.99. The van der Waals surface area contributed by atoms with E-state index in [1.54, 1.807) is 0 Å². The zero-order chi connectivity index (χ0) is 24.4. The van der Waals surface area contributed by atoms with Crippen LogP contribution in [0.2, 0.25) is 5.02 Å². The number of carbonyl (C=O) groups excluding carboxylic acids is 1. The second-order valence-electron chi connectivity index (χ2n) is 8.39. The number of nitrogens with one attached hydrogen (secondary N) is 1. The minimum Gasteiger partial charge on any atom is -0.483 e. The second kappa shape index (κ2) is 10.4. The number of nitriles is 1. The summed E-state index contributed by atoms with van der Waals surface area (Å²) < 4.78 is 7.92. The van der Waals surface area contributed by atoms with E-state index in [0.717, 1.165) is 53.1 Å². The number of amides is 1. The maximum absolute atomic E-state index is 12.6. The van der Waals surface area contributed by atoms with Gasteiger partial charge in [0.2, 0.25) is 5.91 Å². The van der Waals surface area contributed by atoms with Crippen molar-refractivity contribution < 1.29 is 9.53 Å². The Morgan fingerprint density at radius 3 is 2.74 bits per heavy atom. The summed E-state index contributed by atoms with van der Waals surface area (Å²) in [6, 6.07) is 6.08. The number of hydrogen-bond donors (Lipinski definition) is 1. The molecule has 1 aliphatic carbocycles. The molecule has 1 unspecified atom stereocenters. The molecule has 7 nitrogen and oxygen atoms in total. The molecule has 178 valence electrons. The van der Waals surface area contributed by atoms with Crippen LogP contribution in [0.4, 0.5) is 5.00 Å². The van der Waals surface area contributed by atoms with Crippen molar-refractivity contribution in [1.82, 2.24) is 14.8 Å². The van der Waals surface area contributed by atoms with Gasteiger partial charge in [0.1, 0.15) is 16.8 Å². The molecule has 1 amide bonds. The number of aromatic nitrogens is 3. The van der Waals surface area contributed by atoms with Crippen LogP contribution < -0.4 is 10.1 Å². The van der Waals surface area contributed by atoms with Gasteiger partial charge in [-0.2, -0.15) is 5.26 Å². The van der Waals surface area contributed by atoms with Crippen molar-refractivity contribution in [3.05, 3.63) is 50.1 Å². The second-order valence-corrected chi connectivity index (χ2v) is 10.8. The van der Waals surface area contributed by atoms with E-state index in [2.05, 4.69) is 21.6 Å². The molecule has 1 aliphatic rings. The van der Waals surface area contributed by atoms with Crippen molar-refractivity contribution in [2.24, 2.45) is 7.05 Å². The number of ether oxygens (including phenoxy) is 1. The minimum absolute atomic E-state index is 0.166. The Balaban J connectivity index is 1.39. The van der Waals surface area contributed by atoms with Crippen molar-refractivity contribution >= 4 is 45.6 Å². The maximum Gasteiger partial charge on any atom is 0.235 e. The van der Waals surface area contributed by atoms with E-state index < -0.39 is 0 Å². The first-order valence-corrected chi connectivity index (χ1v) is 13.3. The summed E-state index contributed by atoms with van der Waals surface area (Å²) in [6.45, 7) is 5.80. The number of nitrogens with zero attached hydrogens (tertiary/aromatic N) is 4. The van der Waals surface area contributed by atoms with Gasteiger partial charge < -0.3 is 14.6 Å². The SMILES string of the molecule is Cc1cc(OC(C)c2nnc(SCC(=O)Nc3sc4c(c3C#N)CCCC4)n2C)cc(C)c1Cl. The molecule has 1 atom stereocenters. The molecule has 10 heteroatoms. The first-order chi connectivity index (χ1) is 16.3. The number of thioether (sulfide) groups is 1. The number of carbonyl (C=O) groups is 1. The topological polar surface area (TPSA) is 92.8 Å². The molecule has 2 heterocycles. The fraction of sp³-hybridized carbons (Fsp3) is 0.417. The smallest absolute Gasteiger partial charge is 0.235 e. The van der Waals surface area contributed by atoms with Gasteiger partial charge in [0.05, 0.1) is 11.3 Å². The molecular weight excluding hydrogens is 490 g/mol. The standard InChI is InChI=1S/C24H26ClN5O2S2/c1-13-9-16(10-14(2)21(13)25)32-15(3)22-28-29-24(30(22)4)33-12-20(31)27-23-18(11-26)17-7-5-6-8-19(17)34-23/h9-10,15H,5-8,12H2,1-4H3,(H,27,31). The molecule has 34 heavy (non-hydrogen) atoms. The van der Waals surface area contributed by atoms with Gasteiger partial charge in [0, 0.05) is 16.9 Å². The molecule has 0 spiro atoms. The maximum atomic E-state index is 12.6. The average molecular weight is 516 g/mol. The summed E-state index contributed by atoms with van der Waals surface area (Å²) >= 11 is 9.08. The van der Waals surface area contributed by atoms with Crippen LogP contribution in [0, 0.1) is 25.2 Å². The van der Waals surface area contributed by atoms with Gasteiger partial charge in [-0.15, -0.1) is 21.5 Å². The third kappa shape index (κ3) is 5.09. The molecule has 0 radical (unpaired) electrons. The Hall–Kier alpha value is -2.54. The van der Waals surface area contributed by atoms with E-state index >= 15 is 0 Å². The summed E-state index contributed by atoms with van der Waals surface area (Å²) in [7, 11) is 1.86. The molecular formula is C24H26ClN5O2S2. The van der Waals surface area contributed by atoms with Crippen molar-refractivity contribution in [3.8, 4) is 11.8 Å². The summed E-state index contributed by atoms with van der Waals surface area (Å²) in [5.74, 6) is 1.38. The molecule has 0 saturated heterocycles. The van der Waals surface area contributed by atoms with Crippen LogP contribution in [0.5, 0.6) is 5.75 Å². The van der Waals surface area contributed by atoms with E-state index in [4.69, 9.17) is 16.3 Å². The lowest BCUT2D eigenvalue weighted by molar-refractivity contribution is -0.113. The van der Waals surface area contributed by atoms with E-state index in [9.17, 15) is 10.1 Å². The number of thiophene rings is 1. The van der Waals surface area contributed by atoms with Crippen LogP contribution in [0.1, 0.15) is 58.8 Å². The number of fused-ring (bicyclic) bond motifs is 1. The monoisotopic (exact) mass is 515 g/mol. The van der Waals surface area contributed by atoms with Gasteiger partial charge in [-0.3, -0.25) is 4.79 Å². The highest BCUT2D eigenvalue weighted by Crippen LogP contribution is 2.37. The molecule has 0 aliphatic heterocycles. The third-order valence-corrected chi connectivity index (χ3v) is 8.65. The first kappa shape index (κ1) is 24.6. The van der Waals surface area contributed by atoms with Crippen molar-refractivity contribution in [2.45, 2.75) is 57.7 Å². The Bertz CT molecular complexity index is 1250. The van der Waals surface area contributed by atoms with Crippen molar-refractivity contribution in [3.63, 3.8) is 0 Å². The fourth-order valence-corrected chi connectivity index (χ4v) is 6.19. The van der Waals surface area contributed by atoms with Gasteiger partial charge in [-0.25, -0.2) is 0 Å². The van der Waals surface area contributed by atoms with Crippen LogP contribution in [0.3, 0.4) is 0 Å². The zero-order valence-electron chi connectivity index (χ0n) is 19.6. The van der Waals surface area contributed by atoms with Crippen LogP contribution in [-0.4, -0.2) is 26.4 Å². The Kier molecular flexibility index (Phi) is 7.51. The zero-order valence-corrected chi connectivity index (χ0v) is 22.0. The van der Waals surface area contributed by atoms with Crippen molar-refractivity contribution in [1.29, 1.82) is 5.26 Å². The average Bonchev–Trinajstić information content (AvgIpc) is 3.35. The van der Waals surface area contributed by atoms with Crippen LogP contribution in [0.15, 0.2) is 17.3 Å². The predicted octanol–water partition coefficient (Wildman–Crippen LogP) is 5.77. The molecule has 1 N–H and O–H groups in total. The lowest BCUT2D eigenvalue weighted by Gasteiger charge is -2.16. The number of aryl methyl sites for hydroxylation is 3. The summed E-state index contributed by atoms with van der Waals surface area (Å²) in [6.07, 6.45) is 3.79. The molecule has 0 saturated carbocycles. The summed E-state index contributed by atoms with van der Waals surface area (Å²) in [5, 5.41) is 23.0. The molecule has 0 fully saturated rings. The molecule has 2 aromatic heterocycles. The molecule has 0 bridgehead atoms. The fourth-order valence-electron chi connectivity index (χ4n) is 4.10. The quantitative estimate of drug-likeness (QED) is 0.401. The van der Waals surface area contributed by atoms with Crippen molar-refractivity contribution in [2.75, 3.05) is 11.1 Å². The van der Waals surface area contributed by atoms with Crippen LogP contribution >= 0.6 is 34.7 Å². The Labute approximate surface area is 212 Å². The summed E-state index contributed by atoms with van der Waals surface area (Å²) in [5.41, 5.74) is 3.64. The van der Waals surface area contributed by atoms with Crippen LogP contribution in [0.25, 0.3) is 0 Å². The van der Waals surface area contributed by atoms with E-state index in [1.807, 2.05) is 44.5 Å². The van der Waals surface area contributed by atoms with E-state index in [1.165, 1.54) is 28.0 Å². The lowest BCUT2D eigenvalue weighted by Crippen LogP contribution is -2.15. The van der Waals surface area contributed by atoms with Gasteiger partial charge in [0.25, 0.3) is 0 Å². The number of benzene rings is 1. The Morgan fingerprint density at radius 1 is 1.32 bits per heavy atom. The largest absolute Gasteiger partial charge is 0.483 e. The number of hydrogen-bond acceptors (Lipinski definition) is 7. The van der Waals surface area contributed by atoms with Gasteiger partial charge in [-0.1, -0.05) is 23.4 Å². The normalized spacial score (nSPS) is 13.8. The lowest BCUT2D eigenvalue weighted by atomic mass is 9.96. The number of halogens is 1. The molecule has 4 rings (SSSR count). The van der Waals surface area contributed by atoms with E-state index in [-0.39, 0.29) is 17.8 Å². The van der Waals surface area contributed by atoms with Gasteiger partial charge in [0.15, 0.2) is 17.1 Å². The first-order valence-electron chi connectivity index (χ1n) is 11.1. The number of rotatable bonds is 7. The highest BCUT2D eigenvalue weighted by Gasteiger charge is 2.23. The van der Waals surface area contributed by atoms with E-state index in [0.29, 0.717) is 21.5 Å². The minimum atomic E-state index is -0.337. The van der Waals surface area contributed by atoms with Crippen LogP contribution in [-0.2, 0) is 24.7 Å². The number of anilines is 1. The molecule has 1 aromatic carbocycles. The summed E-state index contributed by atoms with van der Waals surface area (Å²) in [4.78, 5) is 13.8. The molecule has 3 aromatic rings. The Morgan fingerprint density at radius 2 is 2.03 bits per heavy atom. The highest BCUT2D eigenvalue weighted by atomic mass is 35.5.